The van der Waals surface area contributed by atoms with E-state index in [1.807, 2.05) is 14.1 Å². The van der Waals surface area contributed by atoms with Gasteiger partial charge in [-0.2, -0.15) is 0 Å². The molecule has 1 aromatic carbocycles. The minimum Gasteiger partial charge on any atom is -0.337 e. The van der Waals surface area contributed by atoms with Gasteiger partial charge in [-0.1, -0.05) is 18.5 Å². The second-order valence-electron chi connectivity index (χ2n) is 5.64. The number of carbonyl (C=O) groups is 1. The molecule has 114 valence electrons. The molecular weight excluding hydrogens is 294 g/mol. The highest BCUT2D eigenvalue weighted by atomic mass is 35.5. The molecule has 0 saturated carbocycles. The van der Waals surface area contributed by atoms with E-state index in [-0.39, 0.29) is 28.2 Å². The molecule has 0 aromatic heterocycles. The number of nitro groups is 1. The fourth-order valence-corrected chi connectivity index (χ4v) is 2.95. The molecule has 1 heterocycles. The van der Waals surface area contributed by atoms with Crippen LogP contribution in [0.25, 0.3) is 0 Å². The van der Waals surface area contributed by atoms with E-state index in [0.29, 0.717) is 19.0 Å². The lowest BCUT2D eigenvalue weighted by molar-refractivity contribution is -0.384. The summed E-state index contributed by atoms with van der Waals surface area (Å²) < 4.78 is 0. The van der Waals surface area contributed by atoms with E-state index in [9.17, 15) is 14.9 Å². The van der Waals surface area contributed by atoms with Crippen molar-refractivity contribution in [2.75, 3.05) is 27.2 Å². The van der Waals surface area contributed by atoms with Gasteiger partial charge in [0.1, 0.15) is 0 Å². The zero-order valence-corrected chi connectivity index (χ0v) is 13.0. The number of halogens is 1. The number of likely N-dealkylation sites (N-methyl/N-ethyl adjacent to an activating group) is 1. The summed E-state index contributed by atoms with van der Waals surface area (Å²) in [6.07, 6.45) is 0. The van der Waals surface area contributed by atoms with E-state index >= 15 is 0 Å². The number of hydrogen-bond acceptors (Lipinski definition) is 4. The number of rotatable bonds is 3. The van der Waals surface area contributed by atoms with Gasteiger partial charge in [-0.15, -0.1) is 0 Å². The van der Waals surface area contributed by atoms with Crippen LogP contribution in [-0.4, -0.2) is 53.9 Å². The van der Waals surface area contributed by atoms with Crippen molar-refractivity contribution in [1.82, 2.24) is 9.80 Å². The van der Waals surface area contributed by atoms with E-state index < -0.39 is 4.92 Å². The van der Waals surface area contributed by atoms with Crippen LogP contribution >= 0.6 is 11.6 Å². The summed E-state index contributed by atoms with van der Waals surface area (Å²) in [6, 6.07) is 4.23. The number of nitro benzene ring substituents is 1. The van der Waals surface area contributed by atoms with Gasteiger partial charge in [-0.3, -0.25) is 14.9 Å². The molecule has 2 atom stereocenters. The number of likely N-dealkylation sites (tertiary alicyclic amines) is 1. The van der Waals surface area contributed by atoms with Crippen molar-refractivity contribution < 1.29 is 9.72 Å². The van der Waals surface area contributed by atoms with Crippen LogP contribution in [0.2, 0.25) is 5.02 Å². The second kappa shape index (κ2) is 5.99. The molecule has 1 aliphatic rings. The normalized spacial score (nSPS) is 21.9. The lowest BCUT2D eigenvalue weighted by Gasteiger charge is -2.22. The molecule has 1 aromatic rings. The first-order chi connectivity index (χ1) is 9.81. The van der Waals surface area contributed by atoms with Crippen LogP contribution in [0, 0.1) is 16.0 Å². The van der Waals surface area contributed by atoms with Gasteiger partial charge in [-0.25, -0.2) is 0 Å². The first kappa shape index (κ1) is 15.7. The summed E-state index contributed by atoms with van der Waals surface area (Å²) >= 11 is 6.03. The average molecular weight is 312 g/mol. The number of non-ortho nitro benzene ring substituents is 1. The molecule has 6 nitrogen and oxygen atoms in total. The maximum Gasteiger partial charge on any atom is 0.270 e. The summed E-state index contributed by atoms with van der Waals surface area (Å²) in [5.41, 5.74) is 0.0663. The monoisotopic (exact) mass is 311 g/mol. The van der Waals surface area contributed by atoms with Crippen molar-refractivity contribution in [3.8, 4) is 0 Å². The molecule has 2 rings (SSSR count). The average Bonchev–Trinajstić information content (AvgIpc) is 2.80. The zero-order chi connectivity index (χ0) is 15.7. The van der Waals surface area contributed by atoms with E-state index in [0.717, 1.165) is 0 Å². The standard InChI is InChI=1S/C14H18ClN3O3/c1-9-7-17(8-13(9)16(2)3)14(19)11-6-10(18(20)21)4-5-12(11)15/h4-6,9,13H,7-8H2,1-3H3. The van der Waals surface area contributed by atoms with Crippen molar-refractivity contribution in [3.63, 3.8) is 0 Å². The molecule has 0 spiro atoms. The lowest BCUT2D eigenvalue weighted by Crippen LogP contribution is -2.35. The fourth-order valence-electron chi connectivity index (χ4n) is 2.75. The van der Waals surface area contributed by atoms with Gasteiger partial charge < -0.3 is 9.80 Å². The third-order valence-electron chi connectivity index (χ3n) is 3.91. The van der Waals surface area contributed by atoms with Crippen molar-refractivity contribution in [1.29, 1.82) is 0 Å². The SMILES string of the molecule is CC1CN(C(=O)c2cc([N+](=O)[O-])ccc2Cl)CC1N(C)C. The molecule has 2 unspecified atom stereocenters. The maximum atomic E-state index is 12.6. The van der Waals surface area contributed by atoms with Gasteiger partial charge in [0.2, 0.25) is 0 Å². The van der Waals surface area contributed by atoms with Gasteiger partial charge in [0.25, 0.3) is 11.6 Å². The topological polar surface area (TPSA) is 66.7 Å². The molecule has 1 amide bonds. The van der Waals surface area contributed by atoms with Gasteiger partial charge in [0.05, 0.1) is 15.5 Å². The van der Waals surface area contributed by atoms with E-state index in [1.165, 1.54) is 18.2 Å². The Labute approximate surface area is 128 Å². The molecule has 0 aliphatic carbocycles. The largest absolute Gasteiger partial charge is 0.337 e. The summed E-state index contributed by atoms with van der Waals surface area (Å²) in [4.78, 5) is 26.7. The molecule has 0 bridgehead atoms. The number of hydrogen-bond donors (Lipinski definition) is 0. The van der Waals surface area contributed by atoms with Crippen molar-refractivity contribution in [2.45, 2.75) is 13.0 Å². The molecule has 7 heteroatoms. The van der Waals surface area contributed by atoms with Crippen molar-refractivity contribution in [2.24, 2.45) is 5.92 Å². The Hall–Kier alpha value is -1.66. The second-order valence-corrected chi connectivity index (χ2v) is 6.05. The summed E-state index contributed by atoms with van der Waals surface area (Å²) in [5.74, 6) is 0.0984. The summed E-state index contributed by atoms with van der Waals surface area (Å²) in [7, 11) is 3.96. The molecule has 21 heavy (non-hydrogen) atoms. The van der Waals surface area contributed by atoms with E-state index in [2.05, 4.69) is 11.8 Å². The number of amides is 1. The Kier molecular flexibility index (Phi) is 4.49. The minimum absolute atomic E-state index is 0.126. The van der Waals surface area contributed by atoms with Gasteiger partial charge in [0.15, 0.2) is 0 Å². The van der Waals surface area contributed by atoms with Crippen LogP contribution in [0.4, 0.5) is 5.69 Å². The Balaban J connectivity index is 2.25. The van der Waals surface area contributed by atoms with Crippen molar-refractivity contribution >= 4 is 23.2 Å². The highest BCUT2D eigenvalue weighted by Gasteiger charge is 2.34. The molecule has 1 aliphatic heterocycles. The van der Waals surface area contributed by atoms with Crippen LogP contribution in [0.3, 0.4) is 0 Å². The number of carbonyl (C=O) groups excluding carboxylic acids is 1. The van der Waals surface area contributed by atoms with Crippen molar-refractivity contribution in [3.05, 3.63) is 38.9 Å². The minimum atomic E-state index is -0.525. The predicted molar refractivity (Wildman–Crippen MR) is 80.6 cm³/mol. The smallest absolute Gasteiger partial charge is 0.270 e. The molecule has 1 fully saturated rings. The Bertz CT molecular complexity index is 577. The third-order valence-corrected chi connectivity index (χ3v) is 4.24. The van der Waals surface area contributed by atoms with Crippen LogP contribution in [0.5, 0.6) is 0 Å². The highest BCUT2D eigenvalue weighted by Crippen LogP contribution is 2.27. The van der Waals surface area contributed by atoms with Gasteiger partial charge in [-0.05, 0) is 26.1 Å². The first-order valence-electron chi connectivity index (χ1n) is 6.71. The number of benzene rings is 1. The molecule has 1 saturated heterocycles. The Morgan fingerprint density at radius 2 is 2.10 bits per heavy atom. The van der Waals surface area contributed by atoms with Crippen LogP contribution in [0.1, 0.15) is 17.3 Å². The predicted octanol–water partition coefficient (Wildman–Crippen LogP) is 2.27. The lowest BCUT2D eigenvalue weighted by atomic mass is 10.1. The van der Waals surface area contributed by atoms with Crippen LogP contribution in [0.15, 0.2) is 18.2 Å². The van der Waals surface area contributed by atoms with E-state index in [1.54, 1.807) is 4.90 Å². The Morgan fingerprint density at radius 3 is 2.62 bits per heavy atom. The molecular formula is C14H18ClN3O3. The maximum absolute atomic E-state index is 12.6. The van der Waals surface area contributed by atoms with Crippen LogP contribution in [-0.2, 0) is 0 Å². The zero-order valence-electron chi connectivity index (χ0n) is 12.2. The van der Waals surface area contributed by atoms with Gasteiger partial charge in [0, 0.05) is 31.3 Å². The van der Waals surface area contributed by atoms with Gasteiger partial charge >= 0.3 is 0 Å². The quantitative estimate of drug-likeness (QED) is 0.634. The number of nitrogens with zero attached hydrogens (tertiary/aromatic N) is 3. The van der Waals surface area contributed by atoms with E-state index in [4.69, 9.17) is 11.6 Å². The fraction of sp³-hybridized carbons (Fsp3) is 0.500. The third kappa shape index (κ3) is 3.16. The summed E-state index contributed by atoms with van der Waals surface area (Å²) in [6.45, 7) is 3.32. The first-order valence-corrected chi connectivity index (χ1v) is 7.08. The molecule has 0 N–H and O–H groups in total. The highest BCUT2D eigenvalue weighted by molar-refractivity contribution is 6.33. The summed E-state index contributed by atoms with van der Waals surface area (Å²) in [5, 5.41) is 11.1. The van der Waals surface area contributed by atoms with Crippen LogP contribution < -0.4 is 0 Å². The molecule has 0 radical (unpaired) electrons. The Morgan fingerprint density at radius 1 is 1.43 bits per heavy atom.